The predicted molar refractivity (Wildman–Crippen MR) is 109 cm³/mol. The van der Waals surface area contributed by atoms with Gasteiger partial charge in [0.25, 0.3) is 0 Å². The lowest BCUT2D eigenvalue weighted by Crippen LogP contribution is -2.15. The SMILES string of the molecule is COc1cc(CNCCCCCO)c(Br)cc1OCc1cccc(C)c1. The molecule has 2 aromatic carbocycles. The van der Waals surface area contributed by atoms with Gasteiger partial charge in [-0.2, -0.15) is 0 Å². The van der Waals surface area contributed by atoms with Gasteiger partial charge in [-0.3, -0.25) is 0 Å². The molecule has 0 amide bonds. The second-order valence-corrected chi connectivity index (χ2v) is 7.19. The lowest BCUT2D eigenvalue weighted by molar-refractivity contribution is 0.282. The van der Waals surface area contributed by atoms with Crippen molar-refractivity contribution in [2.75, 3.05) is 20.3 Å². The summed E-state index contributed by atoms with van der Waals surface area (Å²) in [6, 6.07) is 12.3. The number of ether oxygens (including phenoxy) is 2. The molecule has 0 unspecified atom stereocenters. The van der Waals surface area contributed by atoms with Crippen molar-refractivity contribution in [1.82, 2.24) is 5.32 Å². The number of unbranched alkanes of at least 4 members (excludes halogenated alkanes) is 2. The van der Waals surface area contributed by atoms with Crippen LogP contribution in [0.2, 0.25) is 0 Å². The van der Waals surface area contributed by atoms with Crippen LogP contribution in [0.25, 0.3) is 0 Å². The number of benzene rings is 2. The first kappa shape index (κ1) is 20.7. The largest absolute Gasteiger partial charge is 0.493 e. The topological polar surface area (TPSA) is 50.7 Å². The molecule has 4 nitrogen and oxygen atoms in total. The monoisotopic (exact) mass is 421 g/mol. The number of aryl methyl sites for hydroxylation is 1. The van der Waals surface area contributed by atoms with E-state index < -0.39 is 0 Å². The minimum absolute atomic E-state index is 0.271. The maximum atomic E-state index is 8.80. The number of halogens is 1. The Kier molecular flexibility index (Phi) is 8.95. The fourth-order valence-corrected chi connectivity index (χ4v) is 3.17. The van der Waals surface area contributed by atoms with Crippen LogP contribution in [0.3, 0.4) is 0 Å². The summed E-state index contributed by atoms with van der Waals surface area (Å²) in [6.07, 6.45) is 2.97. The van der Waals surface area contributed by atoms with E-state index in [-0.39, 0.29) is 6.61 Å². The molecular weight excluding hydrogens is 394 g/mol. The minimum Gasteiger partial charge on any atom is -0.493 e. The van der Waals surface area contributed by atoms with Gasteiger partial charge in [0.15, 0.2) is 11.5 Å². The highest BCUT2D eigenvalue weighted by Crippen LogP contribution is 2.34. The van der Waals surface area contributed by atoms with E-state index in [1.807, 2.05) is 18.2 Å². The summed E-state index contributed by atoms with van der Waals surface area (Å²) in [6.45, 7) is 4.54. The van der Waals surface area contributed by atoms with Crippen LogP contribution in [0.4, 0.5) is 0 Å². The van der Waals surface area contributed by atoms with E-state index in [0.29, 0.717) is 6.61 Å². The molecule has 142 valence electrons. The van der Waals surface area contributed by atoms with Gasteiger partial charge in [-0.25, -0.2) is 0 Å². The normalized spacial score (nSPS) is 10.8. The molecule has 0 saturated heterocycles. The lowest BCUT2D eigenvalue weighted by atomic mass is 10.1. The molecule has 0 aliphatic carbocycles. The third-order valence-corrected chi connectivity index (χ3v) is 4.87. The maximum Gasteiger partial charge on any atom is 0.162 e. The van der Waals surface area contributed by atoms with E-state index in [0.717, 1.165) is 59.5 Å². The molecule has 0 heterocycles. The molecule has 0 bridgehead atoms. The number of methoxy groups -OCH3 is 1. The molecule has 0 radical (unpaired) electrons. The Balaban J connectivity index is 1.95. The molecule has 26 heavy (non-hydrogen) atoms. The molecule has 5 heteroatoms. The first-order valence-electron chi connectivity index (χ1n) is 9.00. The fourth-order valence-electron chi connectivity index (χ4n) is 2.71. The summed E-state index contributed by atoms with van der Waals surface area (Å²) in [7, 11) is 1.66. The Morgan fingerprint density at radius 3 is 2.65 bits per heavy atom. The highest BCUT2D eigenvalue weighted by atomic mass is 79.9. The van der Waals surface area contributed by atoms with Crippen molar-refractivity contribution in [3.05, 3.63) is 57.6 Å². The number of nitrogens with one attached hydrogen (secondary N) is 1. The Labute approximate surface area is 164 Å². The molecule has 0 saturated carbocycles. The van der Waals surface area contributed by atoms with Gasteiger partial charge in [0.2, 0.25) is 0 Å². The van der Waals surface area contributed by atoms with Gasteiger partial charge >= 0.3 is 0 Å². The fraction of sp³-hybridized carbons (Fsp3) is 0.429. The van der Waals surface area contributed by atoms with Crippen molar-refractivity contribution in [2.45, 2.75) is 39.3 Å². The summed E-state index contributed by atoms with van der Waals surface area (Å²) < 4.78 is 12.5. The second-order valence-electron chi connectivity index (χ2n) is 6.33. The van der Waals surface area contributed by atoms with E-state index in [1.165, 1.54) is 5.56 Å². The smallest absolute Gasteiger partial charge is 0.162 e. The van der Waals surface area contributed by atoms with E-state index >= 15 is 0 Å². The number of rotatable bonds is 11. The van der Waals surface area contributed by atoms with E-state index in [1.54, 1.807) is 7.11 Å². The molecule has 0 spiro atoms. The van der Waals surface area contributed by atoms with Crippen LogP contribution in [-0.4, -0.2) is 25.4 Å². The maximum absolute atomic E-state index is 8.80. The summed E-state index contributed by atoms with van der Waals surface area (Å²) in [5.74, 6) is 1.46. The van der Waals surface area contributed by atoms with Crippen LogP contribution in [0.5, 0.6) is 11.5 Å². The zero-order valence-electron chi connectivity index (χ0n) is 15.6. The molecule has 2 aromatic rings. The van der Waals surface area contributed by atoms with Crippen LogP contribution in [0.15, 0.2) is 40.9 Å². The molecule has 2 N–H and O–H groups in total. The third kappa shape index (κ3) is 6.63. The van der Waals surface area contributed by atoms with E-state index in [9.17, 15) is 0 Å². The molecule has 0 aromatic heterocycles. The first-order chi connectivity index (χ1) is 12.6. The van der Waals surface area contributed by atoms with Gasteiger partial charge in [-0.1, -0.05) is 45.8 Å². The average molecular weight is 422 g/mol. The number of hydrogen-bond donors (Lipinski definition) is 2. The summed E-state index contributed by atoms with van der Waals surface area (Å²) in [4.78, 5) is 0. The van der Waals surface area contributed by atoms with Gasteiger partial charge in [0.1, 0.15) is 6.61 Å². The van der Waals surface area contributed by atoms with Crippen molar-refractivity contribution in [3.63, 3.8) is 0 Å². The van der Waals surface area contributed by atoms with Crippen LogP contribution in [-0.2, 0) is 13.2 Å². The lowest BCUT2D eigenvalue weighted by Gasteiger charge is -2.15. The van der Waals surface area contributed by atoms with Gasteiger partial charge in [-0.05, 0) is 56.0 Å². The summed E-state index contributed by atoms with van der Waals surface area (Å²) in [5.41, 5.74) is 3.49. The van der Waals surface area contributed by atoms with Crippen LogP contribution in [0.1, 0.15) is 36.0 Å². The van der Waals surface area contributed by atoms with Gasteiger partial charge in [-0.15, -0.1) is 0 Å². The van der Waals surface area contributed by atoms with Crippen molar-refractivity contribution < 1.29 is 14.6 Å². The Morgan fingerprint density at radius 1 is 1.08 bits per heavy atom. The van der Waals surface area contributed by atoms with Crippen LogP contribution < -0.4 is 14.8 Å². The molecule has 0 fully saturated rings. The van der Waals surface area contributed by atoms with Gasteiger partial charge in [0.05, 0.1) is 7.11 Å². The Morgan fingerprint density at radius 2 is 1.92 bits per heavy atom. The van der Waals surface area contributed by atoms with Crippen molar-refractivity contribution in [2.24, 2.45) is 0 Å². The van der Waals surface area contributed by atoms with Crippen LogP contribution >= 0.6 is 15.9 Å². The molecule has 0 aliphatic heterocycles. The van der Waals surface area contributed by atoms with Crippen molar-refractivity contribution in [3.8, 4) is 11.5 Å². The van der Waals surface area contributed by atoms with Crippen LogP contribution in [0, 0.1) is 6.92 Å². The standard InChI is InChI=1S/C21H28BrNO3/c1-16-7-6-8-17(11-16)15-26-21-13-19(22)18(12-20(21)25-2)14-23-9-4-3-5-10-24/h6-8,11-13,23-24H,3-5,9-10,14-15H2,1-2H3. The number of aliphatic hydroxyl groups is 1. The Hall–Kier alpha value is -1.56. The van der Waals surface area contributed by atoms with E-state index in [2.05, 4.69) is 46.4 Å². The number of aliphatic hydroxyl groups excluding tert-OH is 1. The molecule has 0 aliphatic rings. The summed E-state index contributed by atoms with van der Waals surface area (Å²) in [5, 5.41) is 12.2. The summed E-state index contributed by atoms with van der Waals surface area (Å²) >= 11 is 3.63. The third-order valence-electron chi connectivity index (χ3n) is 4.14. The average Bonchev–Trinajstić information content (AvgIpc) is 2.64. The van der Waals surface area contributed by atoms with Gasteiger partial charge in [0, 0.05) is 17.6 Å². The highest BCUT2D eigenvalue weighted by molar-refractivity contribution is 9.10. The minimum atomic E-state index is 0.271. The second kappa shape index (κ2) is 11.2. The van der Waals surface area contributed by atoms with Crippen molar-refractivity contribution >= 4 is 15.9 Å². The predicted octanol–water partition coefficient (Wildman–Crippen LogP) is 4.60. The quantitative estimate of drug-likeness (QED) is 0.520. The van der Waals surface area contributed by atoms with Gasteiger partial charge < -0.3 is 19.9 Å². The molecular formula is C21H28BrNO3. The number of hydrogen-bond acceptors (Lipinski definition) is 4. The van der Waals surface area contributed by atoms with Crippen molar-refractivity contribution in [1.29, 1.82) is 0 Å². The zero-order valence-corrected chi connectivity index (χ0v) is 17.1. The molecule has 2 rings (SSSR count). The highest BCUT2D eigenvalue weighted by Gasteiger charge is 2.10. The van der Waals surface area contributed by atoms with E-state index in [4.69, 9.17) is 14.6 Å². The first-order valence-corrected chi connectivity index (χ1v) is 9.79. The Bertz CT molecular complexity index is 691. The zero-order chi connectivity index (χ0) is 18.8. The molecule has 0 atom stereocenters.